The highest BCUT2D eigenvalue weighted by atomic mass is 31.2. The summed E-state index contributed by atoms with van der Waals surface area (Å²) in [5.74, 6) is 0. The number of aliphatic hydroxyl groups is 2. The Morgan fingerprint density at radius 1 is 1.53 bits per heavy atom. The predicted molar refractivity (Wildman–Crippen MR) is 69.2 cm³/mol. The molecular weight excluding hydrogens is 210 g/mol. The van der Waals surface area contributed by atoms with E-state index in [0.717, 1.165) is 12.6 Å². The van der Waals surface area contributed by atoms with E-state index in [0.29, 0.717) is 0 Å². The highest BCUT2D eigenvalue weighted by Gasteiger charge is 2.48. The first-order valence-corrected chi connectivity index (χ1v) is 8.43. The van der Waals surface area contributed by atoms with E-state index in [4.69, 9.17) is 4.74 Å². The first-order chi connectivity index (χ1) is 6.64. The maximum absolute atomic E-state index is 9.95. The monoisotopic (exact) mass is 232 g/mol. The summed E-state index contributed by atoms with van der Waals surface area (Å²) in [6.07, 6.45) is 4.87. The van der Waals surface area contributed by atoms with Gasteiger partial charge in [0.05, 0.1) is 12.1 Å². The highest BCUT2D eigenvalue weighted by Crippen LogP contribution is 2.39. The molecule has 88 valence electrons. The van der Waals surface area contributed by atoms with Crippen molar-refractivity contribution in [2.45, 2.75) is 37.2 Å². The Labute approximate surface area is 93.2 Å². The van der Waals surface area contributed by atoms with Crippen LogP contribution in [0.15, 0.2) is 0 Å². The predicted octanol–water partition coefficient (Wildman–Crippen LogP) is -0.444. The second kappa shape index (κ2) is 4.25. The topological polar surface area (TPSA) is 49.7 Å². The van der Waals surface area contributed by atoms with E-state index >= 15 is 0 Å². The zero-order valence-corrected chi connectivity index (χ0v) is 11.0. The molecule has 4 atom stereocenters. The molecule has 0 unspecified atom stereocenters. The summed E-state index contributed by atoms with van der Waals surface area (Å²) >= 11 is 0. The van der Waals surface area contributed by atoms with Gasteiger partial charge in [0.15, 0.2) is 0 Å². The Morgan fingerprint density at radius 3 is 2.40 bits per heavy atom. The molecule has 5 heteroatoms. The van der Waals surface area contributed by atoms with Crippen LogP contribution in [-0.4, -0.2) is 67.7 Å². The molecule has 2 N–H and O–H groups in total. The molecular formula is C10H22BO3P. The van der Waals surface area contributed by atoms with Gasteiger partial charge in [-0.3, -0.25) is 0 Å². The number of aliphatic hydroxyl groups excluding tert-OH is 1. The van der Waals surface area contributed by atoms with E-state index in [1.54, 1.807) is 14.8 Å². The molecule has 0 saturated carbocycles. The summed E-state index contributed by atoms with van der Waals surface area (Å²) in [4.78, 5) is 0. The van der Waals surface area contributed by atoms with Crippen LogP contribution in [0.4, 0.5) is 0 Å². The molecule has 1 fully saturated rings. The second-order valence-corrected chi connectivity index (χ2v) is 9.75. The van der Waals surface area contributed by atoms with E-state index in [9.17, 15) is 10.2 Å². The van der Waals surface area contributed by atoms with Gasteiger partial charge >= 0.3 is 0 Å². The molecule has 1 aliphatic heterocycles. The standard InChI is InChI=1S/C10H22BO3P/c1-10(13)8(12)7(14-9(10)11)5-6-15(2,3)4/h7-9,12-13H,2,5-6,11H2,1,3-4H3/t7-,8-,9-,10+/m1/s1. The van der Waals surface area contributed by atoms with Gasteiger partial charge in [-0.25, -0.2) is 0 Å². The largest absolute Gasteiger partial charge is 0.387 e. The number of hydrogen-bond acceptors (Lipinski definition) is 3. The van der Waals surface area contributed by atoms with Crippen LogP contribution in [0.2, 0.25) is 0 Å². The van der Waals surface area contributed by atoms with Crippen molar-refractivity contribution in [2.24, 2.45) is 0 Å². The van der Waals surface area contributed by atoms with Crippen LogP contribution in [-0.2, 0) is 4.74 Å². The van der Waals surface area contributed by atoms with Crippen molar-refractivity contribution in [2.75, 3.05) is 19.5 Å². The Hall–Kier alpha value is 0.245. The van der Waals surface area contributed by atoms with Crippen LogP contribution in [0, 0.1) is 0 Å². The Bertz CT molecular complexity index is 274. The molecule has 0 spiro atoms. The van der Waals surface area contributed by atoms with Gasteiger partial charge in [0.2, 0.25) is 0 Å². The zero-order chi connectivity index (χ0) is 11.9. The van der Waals surface area contributed by atoms with Crippen LogP contribution in [0.5, 0.6) is 0 Å². The van der Waals surface area contributed by atoms with Crippen molar-refractivity contribution < 1.29 is 14.9 Å². The van der Waals surface area contributed by atoms with Crippen molar-refractivity contribution in [1.82, 2.24) is 0 Å². The van der Waals surface area contributed by atoms with E-state index in [1.165, 1.54) is 0 Å². The molecule has 0 aromatic rings. The fraction of sp³-hybridized carbons (Fsp3) is 0.900. The summed E-state index contributed by atoms with van der Waals surface area (Å²) in [7, 11) is 1.80. The highest BCUT2D eigenvalue weighted by molar-refractivity contribution is 7.72. The van der Waals surface area contributed by atoms with Crippen molar-refractivity contribution in [3.05, 3.63) is 0 Å². The summed E-state index contributed by atoms with van der Waals surface area (Å²) in [6, 6.07) is -0.302. The van der Waals surface area contributed by atoms with Crippen LogP contribution >= 0.6 is 6.89 Å². The van der Waals surface area contributed by atoms with Gasteiger partial charge in [0, 0.05) is 0 Å². The average Bonchev–Trinajstić information content (AvgIpc) is 2.25. The summed E-state index contributed by atoms with van der Waals surface area (Å²) in [5.41, 5.74) is -1.12. The third-order valence-corrected chi connectivity index (χ3v) is 4.64. The van der Waals surface area contributed by atoms with E-state index in [2.05, 4.69) is 19.6 Å². The van der Waals surface area contributed by atoms with Gasteiger partial charge < -0.3 is 14.9 Å². The lowest BCUT2D eigenvalue weighted by Gasteiger charge is -2.24. The van der Waals surface area contributed by atoms with E-state index < -0.39 is 18.6 Å². The van der Waals surface area contributed by atoms with E-state index in [-0.39, 0.29) is 12.1 Å². The fourth-order valence-corrected chi connectivity index (χ4v) is 2.75. The van der Waals surface area contributed by atoms with Crippen LogP contribution in [0.3, 0.4) is 0 Å². The lowest BCUT2D eigenvalue weighted by molar-refractivity contribution is -0.0425. The lowest BCUT2D eigenvalue weighted by atomic mass is 9.82. The molecule has 1 rings (SSSR count). The molecule has 0 bridgehead atoms. The number of ether oxygens (including phenoxy) is 1. The molecule has 1 heterocycles. The van der Waals surface area contributed by atoms with Gasteiger partial charge in [0.25, 0.3) is 0 Å². The van der Waals surface area contributed by atoms with E-state index in [1.807, 2.05) is 0 Å². The molecule has 0 aromatic carbocycles. The Kier molecular flexibility index (Phi) is 3.77. The van der Waals surface area contributed by atoms with Gasteiger partial charge in [-0.15, -0.1) is 13.2 Å². The quantitative estimate of drug-likeness (QED) is 0.512. The lowest BCUT2D eigenvalue weighted by Crippen LogP contribution is -2.45. The Balaban J connectivity index is 2.57. The van der Waals surface area contributed by atoms with Gasteiger partial charge in [-0.2, -0.15) is 0 Å². The van der Waals surface area contributed by atoms with Gasteiger partial charge in [-0.1, -0.05) is 0 Å². The van der Waals surface area contributed by atoms with Crippen LogP contribution in [0.1, 0.15) is 13.3 Å². The smallest absolute Gasteiger partial charge is 0.143 e. The zero-order valence-electron chi connectivity index (χ0n) is 10.1. The van der Waals surface area contributed by atoms with Crippen LogP contribution in [0.25, 0.3) is 0 Å². The maximum atomic E-state index is 9.95. The molecule has 0 amide bonds. The van der Waals surface area contributed by atoms with Gasteiger partial charge in [0.1, 0.15) is 19.6 Å². The first-order valence-electron chi connectivity index (χ1n) is 5.38. The normalized spacial score (nSPS) is 42.1. The minimum absolute atomic E-state index is 0.240. The van der Waals surface area contributed by atoms with Crippen molar-refractivity contribution >= 4 is 21.0 Å². The molecule has 0 aromatic heterocycles. The summed E-state index contributed by atoms with van der Waals surface area (Å²) < 4.78 is 5.57. The minimum atomic E-state index is -1.12. The number of hydrogen-bond donors (Lipinski definition) is 2. The van der Waals surface area contributed by atoms with Crippen LogP contribution < -0.4 is 0 Å². The maximum Gasteiger partial charge on any atom is 0.143 e. The Morgan fingerprint density at radius 2 is 2.07 bits per heavy atom. The third-order valence-electron chi connectivity index (χ3n) is 3.17. The van der Waals surface area contributed by atoms with Crippen molar-refractivity contribution in [1.29, 1.82) is 0 Å². The van der Waals surface area contributed by atoms with Crippen molar-refractivity contribution in [3.8, 4) is 0 Å². The van der Waals surface area contributed by atoms with Gasteiger partial charge in [-0.05, 0) is 32.8 Å². The fourth-order valence-electron chi connectivity index (χ4n) is 1.79. The molecule has 0 aliphatic carbocycles. The molecule has 1 aliphatic rings. The molecule has 3 nitrogen and oxygen atoms in total. The average molecular weight is 232 g/mol. The van der Waals surface area contributed by atoms with Crippen molar-refractivity contribution in [3.63, 3.8) is 0 Å². The molecule has 1 saturated heterocycles. The molecule has 15 heavy (non-hydrogen) atoms. The summed E-state index contributed by atoms with van der Waals surface area (Å²) in [5, 5.41) is 19.9. The molecule has 0 radical (unpaired) electrons. The number of rotatable bonds is 3. The summed E-state index contributed by atoms with van der Waals surface area (Å²) in [6.45, 7) is 4.88. The SMILES string of the molecule is B[C@@H]1O[C@H](CCP(=C)(C)C)[C@@H](O)[C@]1(C)O. The first kappa shape index (κ1) is 13.3. The minimum Gasteiger partial charge on any atom is -0.387 e. The third kappa shape index (κ3) is 3.10. The second-order valence-electron chi connectivity index (χ2n) is 5.44.